The van der Waals surface area contributed by atoms with Crippen LogP contribution < -0.4 is 5.32 Å². The van der Waals surface area contributed by atoms with E-state index in [2.05, 4.69) is 45.5 Å². The van der Waals surface area contributed by atoms with Gasteiger partial charge in [-0.1, -0.05) is 12.1 Å². The molecule has 1 unspecified atom stereocenters. The summed E-state index contributed by atoms with van der Waals surface area (Å²) in [5, 5.41) is 3.40. The fourth-order valence-corrected chi connectivity index (χ4v) is 3.33. The van der Waals surface area contributed by atoms with Gasteiger partial charge in [0.05, 0.1) is 0 Å². The fourth-order valence-electron chi connectivity index (χ4n) is 1.63. The van der Waals surface area contributed by atoms with Crippen molar-refractivity contribution in [1.29, 1.82) is 0 Å². The molecule has 0 radical (unpaired) electrons. The summed E-state index contributed by atoms with van der Waals surface area (Å²) >= 11 is 5.53. The number of rotatable bonds is 3. The number of nitrogens with one attached hydrogen (secondary N) is 1. The van der Waals surface area contributed by atoms with Gasteiger partial charge in [-0.05, 0) is 53.5 Å². The Morgan fingerprint density at radius 3 is 3.00 bits per heavy atom. The third-order valence-electron chi connectivity index (χ3n) is 2.47. The van der Waals surface area contributed by atoms with Crippen molar-refractivity contribution >= 4 is 27.7 Å². The van der Waals surface area contributed by atoms with E-state index in [0.29, 0.717) is 0 Å². The van der Waals surface area contributed by atoms with Crippen LogP contribution in [-0.2, 0) is 0 Å². The minimum absolute atomic E-state index is 0.854. The van der Waals surface area contributed by atoms with E-state index in [9.17, 15) is 0 Å². The zero-order valence-corrected chi connectivity index (χ0v) is 10.4. The Kier molecular flexibility index (Phi) is 3.90. The van der Waals surface area contributed by atoms with E-state index >= 15 is 0 Å². The van der Waals surface area contributed by atoms with Crippen LogP contribution in [0.2, 0.25) is 0 Å². The second kappa shape index (κ2) is 5.19. The quantitative estimate of drug-likeness (QED) is 0.848. The van der Waals surface area contributed by atoms with Gasteiger partial charge in [0, 0.05) is 15.1 Å². The zero-order valence-electron chi connectivity index (χ0n) is 8.00. The van der Waals surface area contributed by atoms with Crippen LogP contribution in [0.25, 0.3) is 0 Å². The van der Waals surface area contributed by atoms with E-state index < -0.39 is 0 Å². The molecule has 0 aromatic heterocycles. The second-order valence-corrected chi connectivity index (χ2v) is 5.52. The first-order valence-electron chi connectivity index (χ1n) is 4.94. The summed E-state index contributed by atoms with van der Waals surface area (Å²) in [4.78, 5) is 1.36. The van der Waals surface area contributed by atoms with E-state index in [-0.39, 0.29) is 0 Å². The van der Waals surface area contributed by atoms with Gasteiger partial charge in [-0.15, -0.1) is 11.8 Å². The predicted molar refractivity (Wildman–Crippen MR) is 65.8 cm³/mol. The van der Waals surface area contributed by atoms with Gasteiger partial charge in [0.15, 0.2) is 0 Å². The van der Waals surface area contributed by atoms with Gasteiger partial charge >= 0.3 is 0 Å². The summed E-state index contributed by atoms with van der Waals surface area (Å²) in [6.07, 6.45) is 1.33. The van der Waals surface area contributed by atoms with Crippen molar-refractivity contribution in [3.63, 3.8) is 0 Å². The van der Waals surface area contributed by atoms with Crippen LogP contribution in [0.4, 0.5) is 0 Å². The van der Waals surface area contributed by atoms with Crippen LogP contribution in [-0.4, -0.2) is 18.8 Å². The van der Waals surface area contributed by atoms with Gasteiger partial charge < -0.3 is 5.32 Å². The molecule has 0 bridgehead atoms. The molecule has 0 spiro atoms. The summed E-state index contributed by atoms with van der Waals surface area (Å²) in [6, 6.07) is 8.44. The summed E-state index contributed by atoms with van der Waals surface area (Å²) in [6.45, 7) is 2.39. The normalized spacial score (nSPS) is 21.4. The Bertz CT molecular complexity index is 297. The molecular weight excluding hydrogens is 258 g/mol. The van der Waals surface area contributed by atoms with E-state index in [1.165, 1.54) is 34.6 Å². The number of hydrogen-bond acceptors (Lipinski definition) is 2. The highest BCUT2D eigenvalue weighted by Gasteiger charge is 2.14. The molecule has 1 N–H and O–H groups in total. The van der Waals surface area contributed by atoms with Crippen LogP contribution in [0.1, 0.15) is 6.42 Å². The molecule has 3 heteroatoms. The van der Waals surface area contributed by atoms with E-state index in [1.807, 2.05) is 11.8 Å². The highest BCUT2D eigenvalue weighted by atomic mass is 79.9. The first kappa shape index (κ1) is 10.5. The van der Waals surface area contributed by atoms with Crippen LogP contribution in [0.5, 0.6) is 0 Å². The Morgan fingerprint density at radius 2 is 2.29 bits per heavy atom. The fraction of sp³-hybridized carbons (Fsp3) is 0.455. The van der Waals surface area contributed by atoms with Crippen molar-refractivity contribution in [2.75, 3.05) is 18.8 Å². The SMILES string of the molecule is Brc1ccccc1SCC1CCNC1. The third-order valence-corrected chi connectivity index (χ3v) is 4.73. The van der Waals surface area contributed by atoms with Gasteiger partial charge in [-0.2, -0.15) is 0 Å². The first-order valence-corrected chi connectivity index (χ1v) is 6.72. The molecule has 0 saturated carbocycles. The number of hydrogen-bond donors (Lipinski definition) is 1. The third kappa shape index (κ3) is 2.75. The Morgan fingerprint density at radius 1 is 1.43 bits per heavy atom. The van der Waals surface area contributed by atoms with Gasteiger partial charge in [-0.25, -0.2) is 0 Å². The van der Waals surface area contributed by atoms with Crippen molar-refractivity contribution in [3.05, 3.63) is 28.7 Å². The molecule has 0 aliphatic carbocycles. The van der Waals surface area contributed by atoms with Gasteiger partial charge in [0.2, 0.25) is 0 Å². The molecule has 0 amide bonds. The Balaban J connectivity index is 1.88. The lowest BCUT2D eigenvalue weighted by Crippen LogP contribution is -2.10. The van der Waals surface area contributed by atoms with Gasteiger partial charge in [-0.3, -0.25) is 0 Å². The average molecular weight is 272 g/mol. The lowest BCUT2D eigenvalue weighted by Gasteiger charge is -2.08. The minimum atomic E-state index is 0.854. The molecule has 1 heterocycles. The largest absolute Gasteiger partial charge is 0.316 e. The maximum Gasteiger partial charge on any atom is 0.0311 e. The highest BCUT2D eigenvalue weighted by molar-refractivity contribution is 9.10. The molecule has 14 heavy (non-hydrogen) atoms. The molecule has 1 aromatic carbocycles. The summed E-state index contributed by atoms with van der Waals surface area (Å²) < 4.78 is 1.22. The monoisotopic (exact) mass is 271 g/mol. The lowest BCUT2D eigenvalue weighted by molar-refractivity contribution is 0.662. The first-order chi connectivity index (χ1) is 6.86. The summed E-state index contributed by atoms with van der Waals surface area (Å²) in [5.74, 6) is 2.09. The molecule has 1 fully saturated rings. The average Bonchev–Trinajstić information content (AvgIpc) is 2.69. The smallest absolute Gasteiger partial charge is 0.0311 e. The molecule has 1 aromatic rings. The molecule has 76 valence electrons. The number of halogens is 1. The van der Waals surface area contributed by atoms with Crippen LogP contribution in [0.15, 0.2) is 33.6 Å². The Hall–Kier alpha value is 0.01000. The van der Waals surface area contributed by atoms with Gasteiger partial charge in [0.1, 0.15) is 0 Å². The topological polar surface area (TPSA) is 12.0 Å². The molecule has 1 atom stereocenters. The van der Waals surface area contributed by atoms with Crippen LogP contribution in [0, 0.1) is 5.92 Å². The van der Waals surface area contributed by atoms with Crippen molar-refractivity contribution in [2.45, 2.75) is 11.3 Å². The minimum Gasteiger partial charge on any atom is -0.316 e. The van der Waals surface area contributed by atoms with Crippen molar-refractivity contribution in [2.24, 2.45) is 5.92 Å². The van der Waals surface area contributed by atoms with E-state index in [0.717, 1.165) is 5.92 Å². The molecule has 1 aliphatic heterocycles. The molecular formula is C11H14BrNS. The van der Waals surface area contributed by atoms with E-state index in [1.54, 1.807) is 0 Å². The van der Waals surface area contributed by atoms with Gasteiger partial charge in [0.25, 0.3) is 0 Å². The Labute approximate surface area is 97.8 Å². The van der Waals surface area contributed by atoms with Crippen molar-refractivity contribution in [1.82, 2.24) is 5.32 Å². The highest BCUT2D eigenvalue weighted by Crippen LogP contribution is 2.29. The van der Waals surface area contributed by atoms with Crippen LogP contribution in [0.3, 0.4) is 0 Å². The maximum atomic E-state index is 3.57. The lowest BCUT2D eigenvalue weighted by atomic mass is 10.2. The number of thioether (sulfide) groups is 1. The molecule has 1 saturated heterocycles. The van der Waals surface area contributed by atoms with Crippen molar-refractivity contribution in [3.8, 4) is 0 Å². The maximum absolute atomic E-state index is 3.57. The molecule has 1 aliphatic rings. The standard InChI is InChI=1S/C11H14BrNS/c12-10-3-1-2-4-11(10)14-8-9-5-6-13-7-9/h1-4,9,13H,5-8H2. The van der Waals surface area contributed by atoms with Crippen molar-refractivity contribution < 1.29 is 0 Å². The second-order valence-electron chi connectivity index (χ2n) is 3.60. The molecule has 2 rings (SSSR count). The summed E-state index contributed by atoms with van der Waals surface area (Å²) in [5.41, 5.74) is 0. The zero-order chi connectivity index (χ0) is 9.80. The van der Waals surface area contributed by atoms with Crippen LogP contribution >= 0.6 is 27.7 Å². The number of benzene rings is 1. The van der Waals surface area contributed by atoms with E-state index in [4.69, 9.17) is 0 Å². The predicted octanol–water partition coefficient (Wildman–Crippen LogP) is 3.15. The molecule has 1 nitrogen and oxygen atoms in total. The summed E-state index contributed by atoms with van der Waals surface area (Å²) in [7, 11) is 0.